The van der Waals surface area contributed by atoms with Crippen LogP contribution in [0.15, 0.2) is 338 Å². The van der Waals surface area contributed by atoms with Gasteiger partial charge in [-0.3, -0.25) is 0 Å². The van der Waals surface area contributed by atoms with Crippen molar-refractivity contribution >= 4 is 88.6 Å². The van der Waals surface area contributed by atoms with Gasteiger partial charge in [-0.05, 0) is 153 Å². The first-order valence-electron chi connectivity index (χ1n) is 29.9. The molecule has 0 radical (unpaired) electrons. The minimum Gasteiger partial charge on any atom is -0.455 e. The molecular formula is C83H55N3O. The Morgan fingerprint density at radius 1 is 0.310 bits per heavy atom. The number of furan rings is 1. The van der Waals surface area contributed by atoms with Crippen LogP contribution >= 0.6 is 0 Å². The van der Waals surface area contributed by atoms with E-state index in [1.807, 2.05) is 6.07 Å². The van der Waals surface area contributed by atoms with Crippen molar-refractivity contribution in [2.45, 2.75) is 5.41 Å². The predicted octanol–water partition coefficient (Wildman–Crippen LogP) is 22.5. The number of benzene rings is 14. The van der Waals surface area contributed by atoms with E-state index >= 15 is 0 Å². The fourth-order valence-corrected chi connectivity index (χ4v) is 14.4. The van der Waals surface area contributed by atoms with Crippen molar-refractivity contribution in [3.63, 3.8) is 0 Å². The first kappa shape index (κ1) is 50.1. The van der Waals surface area contributed by atoms with Crippen molar-refractivity contribution in [3.8, 4) is 39.1 Å². The SMILES string of the molecule is c1ccc(N(c2cccc(-c3ccccc3N(c3ccccc3)c3ccc(-c4cccc5c4-c4ccccc4C5(c4ccccc4)c4ccccc4)cc3)c2)c2ccc3c4c5oc6ccccc6c5ccc4n(-c4cccc5ccccc45)c3c2)cc1. The molecule has 2 aromatic heterocycles. The summed E-state index contributed by atoms with van der Waals surface area (Å²) in [6, 6.07) is 122. The van der Waals surface area contributed by atoms with E-state index in [-0.39, 0.29) is 0 Å². The molecule has 4 nitrogen and oxygen atoms in total. The molecule has 0 atom stereocenters. The van der Waals surface area contributed by atoms with Crippen LogP contribution in [0.4, 0.5) is 34.1 Å². The minimum absolute atomic E-state index is 0.481. The second kappa shape index (κ2) is 20.4. The first-order valence-corrected chi connectivity index (χ1v) is 29.9. The summed E-state index contributed by atoms with van der Waals surface area (Å²) in [5, 5.41) is 6.83. The molecule has 1 aliphatic rings. The highest BCUT2D eigenvalue weighted by atomic mass is 16.3. The average molecular weight is 1110 g/mol. The van der Waals surface area contributed by atoms with Gasteiger partial charge in [0.05, 0.1) is 33.2 Å². The van der Waals surface area contributed by atoms with Crippen LogP contribution in [0.3, 0.4) is 0 Å². The Kier molecular flexibility index (Phi) is 11.8. The van der Waals surface area contributed by atoms with Crippen LogP contribution in [0.5, 0.6) is 0 Å². The van der Waals surface area contributed by atoms with Crippen LogP contribution < -0.4 is 9.80 Å². The van der Waals surface area contributed by atoms with E-state index in [9.17, 15) is 0 Å². The van der Waals surface area contributed by atoms with Crippen LogP contribution in [0.2, 0.25) is 0 Å². The van der Waals surface area contributed by atoms with Crippen LogP contribution in [0.1, 0.15) is 22.3 Å². The van der Waals surface area contributed by atoms with Gasteiger partial charge in [0.25, 0.3) is 0 Å². The van der Waals surface area contributed by atoms with Gasteiger partial charge in [-0.25, -0.2) is 0 Å². The van der Waals surface area contributed by atoms with Gasteiger partial charge >= 0.3 is 0 Å². The quantitative estimate of drug-likeness (QED) is 0.129. The maximum atomic E-state index is 6.82. The van der Waals surface area contributed by atoms with E-state index in [2.05, 4.69) is 342 Å². The molecule has 0 amide bonds. The molecule has 14 aromatic carbocycles. The highest BCUT2D eigenvalue weighted by Crippen LogP contribution is 2.58. The maximum Gasteiger partial charge on any atom is 0.145 e. The lowest BCUT2D eigenvalue weighted by atomic mass is 9.67. The van der Waals surface area contributed by atoms with Gasteiger partial charge < -0.3 is 18.8 Å². The van der Waals surface area contributed by atoms with Gasteiger partial charge in [-0.1, -0.05) is 237 Å². The first-order chi connectivity index (χ1) is 43.2. The van der Waals surface area contributed by atoms with E-state index in [4.69, 9.17) is 4.42 Å². The summed E-state index contributed by atoms with van der Waals surface area (Å²) >= 11 is 0. The van der Waals surface area contributed by atoms with Crippen molar-refractivity contribution in [1.82, 2.24) is 4.57 Å². The topological polar surface area (TPSA) is 24.6 Å². The van der Waals surface area contributed by atoms with E-state index in [1.54, 1.807) is 0 Å². The summed E-state index contributed by atoms with van der Waals surface area (Å²) in [5.41, 5.74) is 23.2. The molecule has 0 unspecified atom stereocenters. The van der Waals surface area contributed by atoms with Crippen molar-refractivity contribution in [3.05, 3.63) is 356 Å². The highest BCUT2D eigenvalue weighted by molar-refractivity contribution is 6.24. The van der Waals surface area contributed by atoms with Gasteiger partial charge in [0.1, 0.15) is 11.2 Å². The third-order valence-corrected chi connectivity index (χ3v) is 18.0. The molecule has 1 aliphatic carbocycles. The Hall–Kier alpha value is -11.5. The molecule has 0 aliphatic heterocycles. The van der Waals surface area contributed by atoms with Crippen molar-refractivity contribution in [2.24, 2.45) is 0 Å². The maximum absolute atomic E-state index is 6.82. The molecule has 0 fully saturated rings. The molecule has 87 heavy (non-hydrogen) atoms. The fraction of sp³-hybridized carbons (Fsp3) is 0.0120. The zero-order valence-electron chi connectivity index (χ0n) is 47.5. The standard InChI is InChI=1S/C83H55N3O/c1-5-27-59(28-6-1)83(60-29-7-2-8-30-60)73-41-18-15-39-71(73)80-68(40-23-42-74(80)83)57-46-48-63(49-47-57)85(62-33-11-4-12-34-62)75-43-19-16-37-67(75)58-26-21-35-64(54-58)84(61-31-9-3-10-32-61)65-50-51-72-78(55-65)86(76-44-22-25-56-24-13-14-36-66(56)76)77-53-52-70-69-38-17-20-45-79(69)87-82(70)81(72)77/h1-55H. The molecule has 17 rings (SSSR count). The zero-order valence-corrected chi connectivity index (χ0v) is 47.5. The zero-order chi connectivity index (χ0) is 57.4. The minimum atomic E-state index is -0.481. The smallest absolute Gasteiger partial charge is 0.145 e. The van der Waals surface area contributed by atoms with Crippen LogP contribution in [-0.2, 0) is 5.41 Å². The lowest BCUT2D eigenvalue weighted by Gasteiger charge is -2.34. The second-order valence-electron chi connectivity index (χ2n) is 22.7. The van der Waals surface area contributed by atoms with E-state index in [0.717, 1.165) is 100 Å². The molecule has 0 saturated carbocycles. The van der Waals surface area contributed by atoms with E-state index in [1.165, 1.54) is 49.7 Å². The van der Waals surface area contributed by atoms with Gasteiger partial charge in [0.2, 0.25) is 0 Å². The number of hydrogen-bond donors (Lipinski definition) is 0. The number of hydrogen-bond acceptors (Lipinski definition) is 3. The highest BCUT2D eigenvalue weighted by Gasteiger charge is 2.46. The lowest BCUT2D eigenvalue weighted by Crippen LogP contribution is -2.28. The Morgan fingerprint density at radius 3 is 1.62 bits per heavy atom. The number of fused-ring (bicyclic) bond motifs is 11. The molecule has 0 bridgehead atoms. The molecule has 16 aromatic rings. The van der Waals surface area contributed by atoms with E-state index < -0.39 is 5.41 Å². The van der Waals surface area contributed by atoms with Crippen molar-refractivity contribution in [2.75, 3.05) is 9.80 Å². The second-order valence-corrected chi connectivity index (χ2v) is 22.7. The van der Waals surface area contributed by atoms with Gasteiger partial charge in [0.15, 0.2) is 0 Å². The normalized spacial score (nSPS) is 12.5. The van der Waals surface area contributed by atoms with Gasteiger partial charge in [-0.2, -0.15) is 0 Å². The lowest BCUT2D eigenvalue weighted by molar-refractivity contribution is 0.673. The fourth-order valence-electron chi connectivity index (χ4n) is 14.4. The molecule has 0 saturated heterocycles. The van der Waals surface area contributed by atoms with Gasteiger partial charge in [0, 0.05) is 55.5 Å². The summed E-state index contributed by atoms with van der Waals surface area (Å²) in [6.45, 7) is 0. The van der Waals surface area contributed by atoms with Crippen molar-refractivity contribution < 1.29 is 4.42 Å². The molecular weight excluding hydrogens is 1050 g/mol. The summed E-state index contributed by atoms with van der Waals surface area (Å²) in [4.78, 5) is 4.80. The Balaban J connectivity index is 0.798. The summed E-state index contributed by atoms with van der Waals surface area (Å²) in [5.74, 6) is 0. The van der Waals surface area contributed by atoms with Crippen molar-refractivity contribution in [1.29, 1.82) is 0 Å². The van der Waals surface area contributed by atoms with E-state index in [0.29, 0.717) is 0 Å². The third-order valence-electron chi connectivity index (χ3n) is 18.0. The number of aromatic nitrogens is 1. The molecule has 4 heteroatoms. The number of para-hydroxylation sites is 4. The van der Waals surface area contributed by atoms with Gasteiger partial charge in [-0.15, -0.1) is 0 Å². The summed E-state index contributed by atoms with van der Waals surface area (Å²) in [7, 11) is 0. The summed E-state index contributed by atoms with van der Waals surface area (Å²) in [6.07, 6.45) is 0. The molecule has 408 valence electrons. The molecule has 2 heterocycles. The number of nitrogens with zero attached hydrogens (tertiary/aromatic N) is 3. The monoisotopic (exact) mass is 1110 g/mol. The van der Waals surface area contributed by atoms with Crippen LogP contribution in [0, 0.1) is 0 Å². The number of anilines is 6. The average Bonchev–Trinajstić information content (AvgIpc) is 1.58. The van der Waals surface area contributed by atoms with Crippen LogP contribution in [-0.4, -0.2) is 4.57 Å². The molecule has 0 N–H and O–H groups in total. The van der Waals surface area contributed by atoms with Crippen LogP contribution in [0.25, 0.3) is 93.6 Å². The largest absolute Gasteiger partial charge is 0.455 e. The number of rotatable bonds is 11. The Bertz CT molecular complexity index is 5240. The predicted molar refractivity (Wildman–Crippen MR) is 363 cm³/mol. The molecule has 0 spiro atoms. The third kappa shape index (κ3) is 7.92. The Labute approximate surface area is 505 Å². The Morgan fingerprint density at radius 2 is 0.851 bits per heavy atom. The summed E-state index contributed by atoms with van der Waals surface area (Å²) < 4.78 is 9.26.